The fourth-order valence-corrected chi connectivity index (χ4v) is 2.38. The lowest BCUT2D eigenvalue weighted by Gasteiger charge is -2.27. The van der Waals surface area contributed by atoms with E-state index in [-0.39, 0.29) is 24.2 Å². The van der Waals surface area contributed by atoms with Gasteiger partial charge in [-0.25, -0.2) is 0 Å². The third-order valence-electron chi connectivity index (χ3n) is 3.75. The van der Waals surface area contributed by atoms with Gasteiger partial charge in [0.25, 0.3) is 0 Å². The number of aromatic hydroxyl groups is 1. The number of nitrogens with one attached hydrogen (secondary N) is 1. The molecule has 0 radical (unpaired) electrons. The molecule has 0 aliphatic carbocycles. The lowest BCUT2D eigenvalue weighted by atomic mass is 9.90. The van der Waals surface area contributed by atoms with Crippen molar-refractivity contribution in [1.29, 1.82) is 0 Å². The van der Waals surface area contributed by atoms with Gasteiger partial charge in [-0.3, -0.25) is 4.79 Å². The number of hydrogen-bond acceptors (Lipinski definition) is 3. The molecule has 0 fully saturated rings. The van der Waals surface area contributed by atoms with Crippen molar-refractivity contribution in [2.75, 3.05) is 6.61 Å². The standard InChI is InChI=1S/C19H23NO3/c1-19(2,13-21)20-18(23)17(15-6-4-3-5-7-15)12-14-8-10-16(22)11-9-14/h3-11,17,21-22H,12-13H2,1-2H3,(H,20,23)/t17-/m0/s1. The van der Waals surface area contributed by atoms with Gasteiger partial charge in [-0.1, -0.05) is 42.5 Å². The van der Waals surface area contributed by atoms with E-state index in [2.05, 4.69) is 5.32 Å². The summed E-state index contributed by atoms with van der Waals surface area (Å²) in [4.78, 5) is 12.7. The number of amides is 1. The molecule has 0 heterocycles. The molecule has 0 unspecified atom stereocenters. The normalized spacial score (nSPS) is 12.7. The summed E-state index contributed by atoms with van der Waals surface area (Å²) >= 11 is 0. The maximum atomic E-state index is 12.7. The van der Waals surface area contributed by atoms with Gasteiger partial charge in [-0.2, -0.15) is 0 Å². The second kappa shape index (κ2) is 7.29. The highest BCUT2D eigenvalue weighted by atomic mass is 16.3. The highest BCUT2D eigenvalue weighted by molar-refractivity contribution is 5.84. The highest BCUT2D eigenvalue weighted by Crippen LogP contribution is 2.23. The van der Waals surface area contributed by atoms with E-state index >= 15 is 0 Å². The summed E-state index contributed by atoms with van der Waals surface area (Å²) in [5.41, 5.74) is 1.22. The van der Waals surface area contributed by atoms with Gasteiger partial charge < -0.3 is 15.5 Å². The zero-order chi connectivity index (χ0) is 16.9. The van der Waals surface area contributed by atoms with Gasteiger partial charge in [0.05, 0.1) is 18.1 Å². The predicted molar refractivity (Wildman–Crippen MR) is 90.3 cm³/mol. The molecule has 122 valence electrons. The predicted octanol–water partition coefficient (Wildman–Crippen LogP) is 2.61. The van der Waals surface area contributed by atoms with E-state index < -0.39 is 5.54 Å². The minimum atomic E-state index is -0.668. The van der Waals surface area contributed by atoms with Crippen LogP contribution in [0.25, 0.3) is 0 Å². The molecule has 3 N–H and O–H groups in total. The number of aliphatic hydroxyl groups is 1. The number of phenols is 1. The quantitative estimate of drug-likeness (QED) is 0.768. The molecule has 0 aliphatic rings. The Morgan fingerprint density at radius 1 is 1.09 bits per heavy atom. The number of aliphatic hydroxyl groups excluding tert-OH is 1. The Labute approximate surface area is 136 Å². The lowest BCUT2D eigenvalue weighted by molar-refractivity contribution is -0.124. The van der Waals surface area contributed by atoms with E-state index in [1.807, 2.05) is 42.5 Å². The molecule has 2 aromatic carbocycles. The fourth-order valence-electron chi connectivity index (χ4n) is 2.38. The van der Waals surface area contributed by atoms with E-state index in [4.69, 9.17) is 0 Å². The molecule has 0 aromatic heterocycles. The first kappa shape index (κ1) is 17.0. The molecule has 2 rings (SSSR count). The Kier molecular flexibility index (Phi) is 5.40. The second-order valence-electron chi connectivity index (χ2n) is 6.37. The SMILES string of the molecule is CC(C)(CO)NC(=O)[C@@H](Cc1ccc(O)cc1)c1ccccc1. The maximum Gasteiger partial charge on any atom is 0.228 e. The van der Waals surface area contributed by atoms with Crippen LogP contribution in [0.2, 0.25) is 0 Å². The monoisotopic (exact) mass is 313 g/mol. The van der Waals surface area contributed by atoms with Crippen molar-refractivity contribution < 1.29 is 15.0 Å². The van der Waals surface area contributed by atoms with Crippen molar-refractivity contribution in [2.45, 2.75) is 31.7 Å². The minimum absolute atomic E-state index is 0.122. The average molecular weight is 313 g/mol. The van der Waals surface area contributed by atoms with Gasteiger partial charge >= 0.3 is 0 Å². The van der Waals surface area contributed by atoms with E-state index in [9.17, 15) is 15.0 Å². The molecule has 4 heteroatoms. The van der Waals surface area contributed by atoms with Crippen LogP contribution < -0.4 is 5.32 Å². The van der Waals surface area contributed by atoms with Crippen molar-refractivity contribution in [3.8, 4) is 5.75 Å². The van der Waals surface area contributed by atoms with Crippen LogP contribution in [0.4, 0.5) is 0 Å². The lowest BCUT2D eigenvalue weighted by Crippen LogP contribution is -2.48. The Bertz CT molecular complexity index is 635. The summed E-state index contributed by atoms with van der Waals surface area (Å²) in [6, 6.07) is 16.4. The van der Waals surface area contributed by atoms with Gasteiger partial charge in [-0.15, -0.1) is 0 Å². The van der Waals surface area contributed by atoms with Crippen LogP contribution in [0.3, 0.4) is 0 Å². The van der Waals surface area contributed by atoms with Crippen LogP contribution in [0.1, 0.15) is 30.9 Å². The van der Waals surface area contributed by atoms with Gasteiger partial charge in [0.15, 0.2) is 0 Å². The second-order valence-corrected chi connectivity index (χ2v) is 6.37. The summed E-state index contributed by atoms with van der Waals surface area (Å²) in [5, 5.41) is 21.7. The number of hydrogen-bond donors (Lipinski definition) is 3. The molecule has 2 aromatic rings. The molecule has 1 atom stereocenters. The summed E-state index contributed by atoms with van der Waals surface area (Å²) in [6.07, 6.45) is 0.525. The van der Waals surface area contributed by atoms with Crippen LogP contribution in [0, 0.1) is 0 Å². The summed E-state index contributed by atoms with van der Waals surface area (Å²) < 4.78 is 0. The molecule has 0 aliphatic heterocycles. The third kappa shape index (κ3) is 4.83. The Balaban J connectivity index is 2.25. The van der Waals surface area contributed by atoms with E-state index in [0.29, 0.717) is 6.42 Å². The van der Waals surface area contributed by atoms with Crippen molar-refractivity contribution in [1.82, 2.24) is 5.32 Å². The zero-order valence-corrected chi connectivity index (χ0v) is 13.5. The molecular formula is C19H23NO3. The molecule has 0 saturated heterocycles. The minimum Gasteiger partial charge on any atom is -0.508 e. The van der Waals surface area contributed by atoms with Gasteiger partial charge in [0.2, 0.25) is 5.91 Å². The number of phenolic OH excluding ortho intramolecular Hbond substituents is 1. The van der Waals surface area contributed by atoms with Crippen molar-refractivity contribution in [3.05, 3.63) is 65.7 Å². The first-order chi connectivity index (χ1) is 10.9. The smallest absolute Gasteiger partial charge is 0.228 e. The Hall–Kier alpha value is -2.33. The van der Waals surface area contributed by atoms with Crippen molar-refractivity contribution in [2.24, 2.45) is 0 Å². The Morgan fingerprint density at radius 2 is 1.70 bits per heavy atom. The van der Waals surface area contributed by atoms with Crippen molar-refractivity contribution >= 4 is 5.91 Å². The summed E-state index contributed by atoms with van der Waals surface area (Å²) in [7, 11) is 0. The largest absolute Gasteiger partial charge is 0.508 e. The van der Waals surface area contributed by atoms with Gasteiger partial charge in [0, 0.05) is 0 Å². The topological polar surface area (TPSA) is 69.6 Å². The molecule has 0 spiro atoms. The summed E-state index contributed by atoms with van der Waals surface area (Å²) in [5.74, 6) is -0.272. The number of rotatable bonds is 6. The van der Waals surface area contributed by atoms with Crippen LogP contribution in [-0.4, -0.2) is 28.3 Å². The number of carbonyl (C=O) groups excluding carboxylic acids is 1. The zero-order valence-electron chi connectivity index (χ0n) is 13.5. The summed E-state index contributed by atoms with van der Waals surface area (Å²) in [6.45, 7) is 3.44. The number of carbonyl (C=O) groups is 1. The molecular weight excluding hydrogens is 290 g/mol. The highest BCUT2D eigenvalue weighted by Gasteiger charge is 2.26. The molecule has 23 heavy (non-hydrogen) atoms. The van der Waals surface area contributed by atoms with Crippen LogP contribution in [0.15, 0.2) is 54.6 Å². The van der Waals surface area contributed by atoms with E-state index in [1.165, 1.54) is 0 Å². The van der Waals surface area contributed by atoms with Crippen molar-refractivity contribution in [3.63, 3.8) is 0 Å². The first-order valence-corrected chi connectivity index (χ1v) is 7.67. The van der Waals surface area contributed by atoms with Gasteiger partial charge in [0.1, 0.15) is 5.75 Å². The Morgan fingerprint density at radius 3 is 2.26 bits per heavy atom. The van der Waals surface area contributed by atoms with E-state index in [0.717, 1.165) is 11.1 Å². The number of benzene rings is 2. The molecule has 4 nitrogen and oxygen atoms in total. The maximum absolute atomic E-state index is 12.7. The fraction of sp³-hybridized carbons (Fsp3) is 0.316. The third-order valence-corrected chi connectivity index (χ3v) is 3.75. The van der Waals surface area contributed by atoms with Crippen LogP contribution in [0.5, 0.6) is 5.75 Å². The molecule has 0 bridgehead atoms. The molecule has 1 amide bonds. The average Bonchev–Trinajstić information content (AvgIpc) is 2.54. The molecule has 0 saturated carbocycles. The van der Waals surface area contributed by atoms with Gasteiger partial charge in [-0.05, 0) is 43.5 Å². The van der Waals surface area contributed by atoms with Crippen LogP contribution >= 0.6 is 0 Å². The van der Waals surface area contributed by atoms with Crippen LogP contribution in [-0.2, 0) is 11.2 Å². The first-order valence-electron chi connectivity index (χ1n) is 7.67. The van der Waals surface area contributed by atoms with E-state index in [1.54, 1.807) is 26.0 Å².